The Morgan fingerprint density at radius 2 is 1.68 bits per heavy atom. The highest BCUT2D eigenvalue weighted by molar-refractivity contribution is 5.43. The molecule has 7 N–H and O–H groups in total. The lowest BCUT2D eigenvalue weighted by atomic mass is 9.97. The Morgan fingerprint density at radius 3 is 2.27 bits per heavy atom. The van der Waals surface area contributed by atoms with Gasteiger partial charge in [0.05, 0.1) is 12.6 Å². The average molecular weight is 315 g/mol. The second-order valence-corrected chi connectivity index (χ2v) is 5.23. The van der Waals surface area contributed by atoms with E-state index in [1.54, 1.807) is 0 Å². The quantitative estimate of drug-likeness (QED) is 0.332. The molecule has 0 saturated carbocycles. The third kappa shape index (κ3) is 3.49. The van der Waals surface area contributed by atoms with Crippen molar-refractivity contribution < 1.29 is 35.4 Å². The van der Waals surface area contributed by atoms with Gasteiger partial charge in [0.1, 0.15) is 29.8 Å². The number of ether oxygens (including phenoxy) is 1. The van der Waals surface area contributed by atoms with Gasteiger partial charge < -0.3 is 40.7 Å². The Labute approximate surface area is 127 Å². The van der Waals surface area contributed by atoms with Crippen molar-refractivity contribution in [1.29, 1.82) is 0 Å². The zero-order valence-electron chi connectivity index (χ0n) is 11.8. The van der Waals surface area contributed by atoms with Gasteiger partial charge in [-0.15, -0.1) is 0 Å². The normalized spacial score (nSPS) is 32.1. The van der Waals surface area contributed by atoms with Gasteiger partial charge >= 0.3 is 0 Å². The third-order valence-electron chi connectivity index (χ3n) is 3.78. The molecule has 1 aliphatic heterocycles. The largest absolute Gasteiger partial charge is 0.508 e. The number of hydrogen-bond donors (Lipinski definition) is 7. The number of nitrogens with one attached hydrogen (secondary N) is 1. The van der Waals surface area contributed by atoms with Gasteiger partial charge in [0.25, 0.3) is 0 Å². The summed E-state index contributed by atoms with van der Waals surface area (Å²) in [6.45, 7) is -0.308. The fraction of sp³-hybridized carbons (Fsp3) is 0.571. The lowest BCUT2D eigenvalue weighted by molar-refractivity contribution is -0.254. The van der Waals surface area contributed by atoms with Crippen LogP contribution in [-0.4, -0.2) is 74.4 Å². The molecule has 1 aliphatic rings. The van der Waals surface area contributed by atoms with E-state index in [-0.39, 0.29) is 24.5 Å². The van der Waals surface area contributed by atoms with Gasteiger partial charge in [0, 0.05) is 5.56 Å². The molecule has 2 rings (SSSR count). The molecule has 0 aliphatic carbocycles. The molecule has 0 spiro atoms. The molecule has 1 fully saturated rings. The lowest BCUT2D eigenvalue weighted by Gasteiger charge is -2.40. The zero-order chi connectivity index (χ0) is 16.3. The van der Waals surface area contributed by atoms with Gasteiger partial charge in [0.2, 0.25) is 0 Å². The van der Waals surface area contributed by atoms with Gasteiger partial charge in [-0.2, -0.15) is 0 Å². The molecule has 1 heterocycles. The van der Waals surface area contributed by atoms with Crippen LogP contribution in [0.5, 0.6) is 11.5 Å². The molecule has 8 nitrogen and oxygen atoms in total. The molecular formula is C14H21NO7. The fourth-order valence-electron chi connectivity index (χ4n) is 2.50. The van der Waals surface area contributed by atoms with E-state index >= 15 is 0 Å². The second kappa shape index (κ2) is 7.23. The minimum absolute atomic E-state index is 0.0526. The summed E-state index contributed by atoms with van der Waals surface area (Å²) >= 11 is 0. The molecule has 1 aromatic carbocycles. The minimum Gasteiger partial charge on any atom is -0.508 e. The molecule has 1 unspecified atom stereocenters. The molecule has 0 amide bonds. The summed E-state index contributed by atoms with van der Waals surface area (Å²) in [6.07, 6.45) is -4.85. The first-order valence-corrected chi connectivity index (χ1v) is 6.99. The summed E-state index contributed by atoms with van der Waals surface area (Å²) in [7, 11) is 0. The van der Waals surface area contributed by atoms with Gasteiger partial charge in [-0.05, 0) is 25.1 Å². The van der Waals surface area contributed by atoms with Gasteiger partial charge in [-0.1, -0.05) is 6.07 Å². The molecule has 1 saturated heterocycles. The van der Waals surface area contributed by atoms with Crippen molar-refractivity contribution in [3.8, 4) is 11.5 Å². The molecule has 22 heavy (non-hydrogen) atoms. The van der Waals surface area contributed by atoms with Crippen molar-refractivity contribution in [2.75, 3.05) is 13.2 Å². The predicted octanol–water partition coefficient (Wildman–Crippen LogP) is -1.97. The summed E-state index contributed by atoms with van der Waals surface area (Å²) < 4.78 is 5.02. The van der Waals surface area contributed by atoms with Crippen LogP contribution in [0.15, 0.2) is 18.2 Å². The minimum atomic E-state index is -1.39. The van der Waals surface area contributed by atoms with Crippen molar-refractivity contribution in [3.63, 3.8) is 0 Å². The summed E-state index contributed by atoms with van der Waals surface area (Å²) in [5.41, 5.74) is 0.337. The van der Waals surface area contributed by atoms with Crippen molar-refractivity contribution in [3.05, 3.63) is 23.8 Å². The van der Waals surface area contributed by atoms with E-state index in [4.69, 9.17) is 9.84 Å². The summed E-state index contributed by atoms with van der Waals surface area (Å²) in [4.78, 5) is 0. The molecular weight excluding hydrogens is 294 g/mol. The van der Waals surface area contributed by atoms with Crippen LogP contribution >= 0.6 is 0 Å². The molecule has 1 aromatic rings. The standard InChI is InChI=1S/C14H21NO7/c16-6-10-12(19)13(20)11(14(21)22-10)15-5-4-7-8(17)2-1-3-9(7)18/h1-3,10-21H,4-6H2/t10-,11+,12-,13-,14?/m1/s1. The van der Waals surface area contributed by atoms with Crippen molar-refractivity contribution >= 4 is 0 Å². The van der Waals surface area contributed by atoms with E-state index in [1.807, 2.05) is 0 Å². The van der Waals surface area contributed by atoms with E-state index < -0.39 is 37.3 Å². The first-order valence-electron chi connectivity index (χ1n) is 6.99. The molecule has 8 heteroatoms. The van der Waals surface area contributed by atoms with E-state index in [1.165, 1.54) is 18.2 Å². The van der Waals surface area contributed by atoms with E-state index in [0.717, 1.165) is 0 Å². The second-order valence-electron chi connectivity index (χ2n) is 5.23. The molecule has 5 atom stereocenters. The van der Waals surface area contributed by atoms with Crippen LogP contribution in [0, 0.1) is 0 Å². The molecule has 0 radical (unpaired) electrons. The average Bonchev–Trinajstić information content (AvgIpc) is 2.49. The zero-order valence-corrected chi connectivity index (χ0v) is 11.8. The van der Waals surface area contributed by atoms with E-state index in [2.05, 4.69) is 5.32 Å². The summed E-state index contributed by atoms with van der Waals surface area (Å²) in [5, 5.41) is 60.6. The summed E-state index contributed by atoms with van der Waals surface area (Å²) in [5.74, 6) is -0.105. The number of rotatable bonds is 5. The van der Waals surface area contributed by atoms with Gasteiger partial charge in [-0.25, -0.2) is 0 Å². The van der Waals surface area contributed by atoms with E-state index in [9.17, 15) is 25.5 Å². The van der Waals surface area contributed by atoms with Crippen molar-refractivity contribution in [2.24, 2.45) is 0 Å². The number of aliphatic hydroxyl groups is 4. The Hall–Kier alpha value is -1.42. The molecule has 0 aromatic heterocycles. The van der Waals surface area contributed by atoms with Gasteiger partial charge in [0.15, 0.2) is 6.29 Å². The highest BCUT2D eigenvalue weighted by atomic mass is 16.6. The van der Waals surface area contributed by atoms with Crippen molar-refractivity contribution in [2.45, 2.75) is 37.1 Å². The monoisotopic (exact) mass is 315 g/mol. The Bertz CT molecular complexity index is 478. The SMILES string of the molecule is OC[C@H]1OC(O)[C@@H](NCCc2c(O)cccc2O)[C@@H](O)[C@@H]1O. The Balaban J connectivity index is 1.94. The lowest BCUT2D eigenvalue weighted by Crippen LogP contribution is -2.63. The van der Waals surface area contributed by atoms with Gasteiger partial charge in [-0.3, -0.25) is 0 Å². The smallest absolute Gasteiger partial charge is 0.173 e. The van der Waals surface area contributed by atoms with Crippen LogP contribution in [0.25, 0.3) is 0 Å². The third-order valence-corrected chi connectivity index (χ3v) is 3.78. The number of aliphatic hydroxyl groups excluding tert-OH is 4. The van der Waals surface area contributed by atoms with Crippen molar-refractivity contribution in [1.82, 2.24) is 5.32 Å². The van der Waals surface area contributed by atoms with Crippen LogP contribution in [-0.2, 0) is 11.2 Å². The summed E-state index contributed by atoms with van der Waals surface area (Å²) in [6, 6.07) is 3.44. The highest BCUT2D eigenvalue weighted by Crippen LogP contribution is 2.26. The number of benzene rings is 1. The Morgan fingerprint density at radius 1 is 1.05 bits per heavy atom. The number of hydrogen-bond acceptors (Lipinski definition) is 8. The fourth-order valence-corrected chi connectivity index (χ4v) is 2.50. The maximum absolute atomic E-state index is 9.95. The van der Waals surface area contributed by atoms with Crippen LogP contribution in [0.3, 0.4) is 0 Å². The molecule has 124 valence electrons. The van der Waals surface area contributed by atoms with Crippen LogP contribution in [0.1, 0.15) is 5.56 Å². The maximum Gasteiger partial charge on any atom is 0.173 e. The van der Waals surface area contributed by atoms with Crippen LogP contribution < -0.4 is 5.32 Å². The number of phenolic OH excluding ortho intramolecular Hbond substituents is 2. The first-order chi connectivity index (χ1) is 10.5. The number of phenols is 2. The topological polar surface area (TPSA) is 143 Å². The predicted molar refractivity (Wildman–Crippen MR) is 75.2 cm³/mol. The Kier molecular flexibility index (Phi) is 5.57. The first kappa shape index (κ1) is 16.9. The van der Waals surface area contributed by atoms with E-state index in [0.29, 0.717) is 5.56 Å². The van der Waals surface area contributed by atoms with Crippen LogP contribution in [0.2, 0.25) is 0 Å². The maximum atomic E-state index is 9.95. The van der Waals surface area contributed by atoms with Crippen LogP contribution in [0.4, 0.5) is 0 Å². The molecule has 0 bridgehead atoms. The highest BCUT2D eigenvalue weighted by Gasteiger charge is 2.43. The number of aromatic hydroxyl groups is 2.